The quantitative estimate of drug-likeness (QED) is 0.832. The lowest BCUT2D eigenvalue weighted by Gasteiger charge is -2.25. The van der Waals surface area contributed by atoms with Gasteiger partial charge in [0.1, 0.15) is 13.2 Å². The summed E-state index contributed by atoms with van der Waals surface area (Å²) in [6, 6.07) is 3.87. The molecule has 3 rings (SSSR count). The molecule has 1 aromatic rings. The van der Waals surface area contributed by atoms with Gasteiger partial charge in [-0.15, -0.1) is 0 Å². The first kappa shape index (κ1) is 11.5. The number of benzene rings is 1. The van der Waals surface area contributed by atoms with Gasteiger partial charge in [0.25, 0.3) is 0 Å². The van der Waals surface area contributed by atoms with Crippen LogP contribution in [-0.4, -0.2) is 26.8 Å². The van der Waals surface area contributed by atoms with Gasteiger partial charge >= 0.3 is 0 Å². The van der Waals surface area contributed by atoms with Gasteiger partial charge in [0.15, 0.2) is 11.5 Å². The molecule has 2 N–H and O–H groups in total. The minimum Gasteiger partial charge on any atom is -0.486 e. The lowest BCUT2D eigenvalue weighted by Crippen LogP contribution is -2.22. The van der Waals surface area contributed by atoms with E-state index in [0.717, 1.165) is 41.3 Å². The average Bonchev–Trinajstić information content (AvgIpc) is 3.03. The molecule has 1 aromatic carbocycles. The van der Waals surface area contributed by atoms with E-state index in [1.807, 2.05) is 12.1 Å². The van der Waals surface area contributed by atoms with Crippen LogP contribution in [0.15, 0.2) is 12.1 Å². The van der Waals surface area contributed by atoms with Crippen molar-refractivity contribution in [3.8, 4) is 11.5 Å². The van der Waals surface area contributed by atoms with Crippen molar-refractivity contribution < 1.29 is 9.47 Å². The van der Waals surface area contributed by atoms with E-state index in [9.17, 15) is 0 Å². The molecule has 0 saturated heterocycles. The fourth-order valence-corrected chi connectivity index (χ4v) is 2.53. The summed E-state index contributed by atoms with van der Waals surface area (Å²) in [5, 5.41) is 0. The second kappa shape index (κ2) is 4.26. The van der Waals surface area contributed by atoms with Gasteiger partial charge in [0.2, 0.25) is 0 Å². The Kier molecular flexibility index (Phi) is 2.73. The smallest absolute Gasteiger partial charge is 0.163 e. The lowest BCUT2D eigenvalue weighted by atomic mass is 10.2. The summed E-state index contributed by atoms with van der Waals surface area (Å²) in [5.41, 5.74) is 7.90. The number of nitrogens with two attached hydrogens (primary N) is 1. The van der Waals surface area contributed by atoms with E-state index in [4.69, 9.17) is 15.2 Å². The van der Waals surface area contributed by atoms with Gasteiger partial charge in [0.05, 0.1) is 11.4 Å². The molecule has 0 aromatic heterocycles. The number of anilines is 2. The second-order valence-corrected chi connectivity index (χ2v) is 5.41. The molecule has 2 atom stereocenters. The van der Waals surface area contributed by atoms with Crippen molar-refractivity contribution in [1.82, 2.24) is 0 Å². The third-order valence-electron chi connectivity index (χ3n) is 3.89. The van der Waals surface area contributed by atoms with Crippen LogP contribution in [0.1, 0.15) is 13.3 Å². The molecule has 1 aliphatic heterocycles. The molecule has 4 nitrogen and oxygen atoms in total. The summed E-state index contributed by atoms with van der Waals surface area (Å²) in [5.74, 6) is 3.23. The number of nitrogens with zero attached hydrogens (tertiary/aromatic N) is 1. The van der Waals surface area contributed by atoms with Crippen molar-refractivity contribution in [1.29, 1.82) is 0 Å². The Balaban J connectivity index is 1.82. The molecule has 2 aliphatic rings. The Morgan fingerprint density at radius 1 is 1.28 bits per heavy atom. The molecule has 0 radical (unpaired) electrons. The maximum Gasteiger partial charge on any atom is 0.163 e. The van der Waals surface area contributed by atoms with Gasteiger partial charge in [-0.2, -0.15) is 0 Å². The molecule has 2 unspecified atom stereocenters. The van der Waals surface area contributed by atoms with Crippen LogP contribution in [0.2, 0.25) is 0 Å². The normalized spacial score (nSPS) is 24.8. The van der Waals surface area contributed by atoms with Crippen molar-refractivity contribution >= 4 is 11.4 Å². The Bertz CT molecular complexity index is 461. The third-order valence-corrected chi connectivity index (χ3v) is 3.89. The zero-order valence-electron chi connectivity index (χ0n) is 11.0. The Labute approximate surface area is 108 Å². The van der Waals surface area contributed by atoms with Gasteiger partial charge in [-0.1, -0.05) is 6.92 Å². The molecule has 1 fully saturated rings. The minimum atomic E-state index is 0.598. The zero-order valence-corrected chi connectivity index (χ0v) is 11.0. The highest BCUT2D eigenvalue weighted by molar-refractivity contribution is 5.73. The fraction of sp³-hybridized carbons (Fsp3) is 0.571. The highest BCUT2D eigenvalue weighted by Gasteiger charge is 2.33. The molecule has 1 saturated carbocycles. The molecule has 4 heteroatoms. The van der Waals surface area contributed by atoms with Crippen LogP contribution in [0.25, 0.3) is 0 Å². The number of ether oxygens (including phenoxy) is 2. The molecule has 18 heavy (non-hydrogen) atoms. The van der Waals surface area contributed by atoms with Crippen molar-refractivity contribution in [2.45, 2.75) is 13.3 Å². The zero-order chi connectivity index (χ0) is 12.7. The molecule has 1 heterocycles. The number of nitrogen functional groups attached to an aromatic ring is 1. The van der Waals surface area contributed by atoms with E-state index in [1.165, 1.54) is 6.42 Å². The van der Waals surface area contributed by atoms with E-state index in [-0.39, 0.29) is 0 Å². The summed E-state index contributed by atoms with van der Waals surface area (Å²) >= 11 is 0. The van der Waals surface area contributed by atoms with Crippen molar-refractivity contribution in [2.24, 2.45) is 11.8 Å². The SMILES string of the molecule is CC1CC1CN(C)c1cc2c(cc1N)OCCO2. The van der Waals surface area contributed by atoms with Crippen LogP contribution in [0, 0.1) is 11.8 Å². The second-order valence-electron chi connectivity index (χ2n) is 5.41. The summed E-state index contributed by atoms with van der Waals surface area (Å²) in [6.07, 6.45) is 1.33. The van der Waals surface area contributed by atoms with Crippen LogP contribution in [-0.2, 0) is 0 Å². The molecule has 0 amide bonds. The molecule has 98 valence electrons. The fourth-order valence-electron chi connectivity index (χ4n) is 2.53. The monoisotopic (exact) mass is 248 g/mol. The summed E-state index contributed by atoms with van der Waals surface area (Å²) in [7, 11) is 2.09. The largest absolute Gasteiger partial charge is 0.486 e. The Morgan fingerprint density at radius 2 is 1.89 bits per heavy atom. The molecular formula is C14H20N2O2. The van der Waals surface area contributed by atoms with E-state index < -0.39 is 0 Å². The van der Waals surface area contributed by atoms with Crippen LogP contribution < -0.4 is 20.1 Å². The van der Waals surface area contributed by atoms with Gasteiger partial charge in [0, 0.05) is 25.7 Å². The van der Waals surface area contributed by atoms with Crippen LogP contribution >= 0.6 is 0 Å². The van der Waals surface area contributed by atoms with E-state index in [0.29, 0.717) is 13.2 Å². The highest BCUT2D eigenvalue weighted by Crippen LogP contribution is 2.42. The Hall–Kier alpha value is -1.58. The average molecular weight is 248 g/mol. The minimum absolute atomic E-state index is 0.598. The van der Waals surface area contributed by atoms with Crippen molar-refractivity contribution in [2.75, 3.05) is 37.4 Å². The topological polar surface area (TPSA) is 47.7 Å². The first-order valence-electron chi connectivity index (χ1n) is 6.55. The molecule has 0 bridgehead atoms. The molecule has 1 aliphatic carbocycles. The standard InChI is InChI=1S/C14H20N2O2/c1-9-5-10(9)8-16(2)12-7-14-13(6-11(12)15)17-3-4-18-14/h6-7,9-10H,3-5,8,15H2,1-2H3. The van der Waals surface area contributed by atoms with Crippen LogP contribution in [0.4, 0.5) is 11.4 Å². The summed E-state index contributed by atoms with van der Waals surface area (Å²) in [6.45, 7) is 4.57. The Morgan fingerprint density at radius 3 is 2.50 bits per heavy atom. The van der Waals surface area contributed by atoms with Crippen molar-refractivity contribution in [3.05, 3.63) is 12.1 Å². The summed E-state index contributed by atoms with van der Waals surface area (Å²) in [4.78, 5) is 2.22. The molecular weight excluding hydrogens is 228 g/mol. The first-order valence-corrected chi connectivity index (χ1v) is 6.55. The van der Waals surface area contributed by atoms with E-state index in [1.54, 1.807) is 0 Å². The van der Waals surface area contributed by atoms with Crippen LogP contribution in [0.3, 0.4) is 0 Å². The predicted octanol–water partition coefficient (Wildman–Crippen LogP) is 2.13. The number of hydrogen-bond donors (Lipinski definition) is 1. The van der Waals surface area contributed by atoms with Crippen molar-refractivity contribution in [3.63, 3.8) is 0 Å². The van der Waals surface area contributed by atoms with Gasteiger partial charge in [-0.25, -0.2) is 0 Å². The highest BCUT2D eigenvalue weighted by atomic mass is 16.6. The number of fused-ring (bicyclic) bond motifs is 1. The van der Waals surface area contributed by atoms with Gasteiger partial charge in [-0.3, -0.25) is 0 Å². The molecule has 0 spiro atoms. The predicted molar refractivity (Wildman–Crippen MR) is 72.4 cm³/mol. The van der Waals surface area contributed by atoms with Gasteiger partial charge < -0.3 is 20.1 Å². The number of rotatable bonds is 3. The first-order chi connectivity index (χ1) is 8.65. The van der Waals surface area contributed by atoms with E-state index in [2.05, 4.69) is 18.9 Å². The maximum absolute atomic E-state index is 6.10. The third kappa shape index (κ3) is 2.07. The number of hydrogen-bond acceptors (Lipinski definition) is 4. The lowest BCUT2D eigenvalue weighted by molar-refractivity contribution is 0.172. The van der Waals surface area contributed by atoms with E-state index >= 15 is 0 Å². The van der Waals surface area contributed by atoms with Crippen LogP contribution in [0.5, 0.6) is 11.5 Å². The van der Waals surface area contributed by atoms with Gasteiger partial charge in [-0.05, 0) is 18.3 Å². The summed E-state index contributed by atoms with van der Waals surface area (Å²) < 4.78 is 11.1. The maximum atomic E-state index is 6.10.